The number of aliphatic hydroxyl groups excluding tert-OH is 1. The molecule has 0 aliphatic carbocycles. The monoisotopic (exact) mass is 255 g/mol. The van der Waals surface area contributed by atoms with Gasteiger partial charge >= 0.3 is 51.4 Å². The van der Waals surface area contributed by atoms with Crippen LogP contribution in [0.5, 0.6) is 0 Å². The van der Waals surface area contributed by atoms with Gasteiger partial charge in [-0.2, -0.15) is 0 Å². The third-order valence-electron chi connectivity index (χ3n) is 2.28. The summed E-state index contributed by atoms with van der Waals surface area (Å²) < 4.78 is 5.13. The maximum Gasteiger partial charge on any atom is 1.00 e. The summed E-state index contributed by atoms with van der Waals surface area (Å²) >= 11 is 0. The molecule has 0 spiro atoms. The quantitative estimate of drug-likeness (QED) is 0.388. The predicted molar refractivity (Wildman–Crippen MR) is 43.9 cm³/mol. The summed E-state index contributed by atoms with van der Waals surface area (Å²) in [4.78, 5) is 22.9. The Kier molecular flexibility index (Phi) is 6.11. The number of hydrogen-bond acceptors (Lipinski definition) is 5. The molecule has 2 fully saturated rings. The molecule has 2 aliphatic rings. The van der Waals surface area contributed by atoms with E-state index < -0.39 is 18.2 Å². The summed E-state index contributed by atoms with van der Waals surface area (Å²) in [5, 5.41) is 19.3. The summed E-state index contributed by atoms with van der Waals surface area (Å²) in [6, 6.07) is -1.17. The van der Waals surface area contributed by atoms with Crippen molar-refractivity contribution in [3.05, 3.63) is 11.8 Å². The van der Waals surface area contributed by atoms with Crippen LogP contribution in [0.2, 0.25) is 0 Å². The SMILES string of the molecule is O.O=C([O-])[C@H]1/C(=C/CO)O[C@@H]2CC(=O)N21.[K+]. The minimum Gasteiger partial charge on any atom is -0.547 e. The first-order chi connectivity index (χ1) is 6.65. The molecule has 1 amide bonds. The number of ether oxygens (including phenoxy) is 1. The van der Waals surface area contributed by atoms with Crippen LogP contribution in [0.4, 0.5) is 0 Å². The van der Waals surface area contributed by atoms with Crippen molar-refractivity contribution < 1.29 is 81.4 Å². The van der Waals surface area contributed by atoms with Crippen LogP contribution in [0.25, 0.3) is 0 Å². The van der Waals surface area contributed by atoms with E-state index in [1.165, 1.54) is 6.08 Å². The molecule has 2 rings (SSSR count). The van der Waals surface area contributed by atoms with Gasteiger partial charge in [0.2, 0.25) is 5.91 Å². The molecule has 0 bridgehead atoms. The van der Waals surface area contributed by atoms with Gasteiger partial charge < -0.3 is 25.2 Å². The number of fused-ring (bicyclic) bond motifs is 1. The van der Waals surface area contributed by atoms with Crippen LogP contribution in [0.3, 0.4) is 0 Å². The smallest absolute Gasteiger partial charge is 0.547 e. The number of nitrogens with zero attached hydrogens (tertiary/aromatic N) is 1. The minimum atomic E-state index is -1.39. The molecule has 0 aromatic heterocycles. The maximum absolute atomic E-state index is 11.0. The van der Waals surface area contributed by atoms with Crippen LogP contribution in [0.15, 0.2) is 11.8 Å². The molecule has 2 heterocycles. The second kappa shape index (κ2) is 6.10. The summed E-state index contributed by atoms with van der Waals surface area (Å²) in [5.41, 5.74) is 0. The third-order valence-corrected chi connectivity index (χ3v) is 2.28. The van der Waals surface area contributed by atoms with Gasteiger partial charge in [-0.15, -0.1) is 0 Å². The van der Waals surface area contributed by atoms with Crippen molar-refractivity contribution in [3.63, 3.8) is 0 Å². The van der Waals surface area contributed by atoms with Crippen LogP contribution < -0.4 is 56.5 Å². The molecule has 2 atom stereocenters. The summed E-state index contributed by atoms with van der Waals surface area (Å²) in [6.07, 6.45) is 0.918. The van der Waals surface area contributed by atoms with Gasteiger partial charge in [-0.25, -0.2) is 0 Å². The average molecular weight is 255 g/mol. The van der Waals surface area contributed by atoms with Gasteiger partial charge in [-0.3, -0.25) is 9.69 Å². The number of carbonyl (C=O) groups is 2. The van der Waals surface area contributed by atoms with Crippen LogP contribution in [-0.4, -0.2) is 46.2 Å². The molecule has 16 heavy (non-hydrogen) atoms. The van der Waals surface area contributed by atoms with Crippen LogP contribution in [0.1, 0.15) is 6.42 Å². The fourth-order valence-electron chi connectivity index (χ4n) is 1.65. The average Bonchev–Trinajstić information content (AvgIpc) is 2.39. The molecule has 0 aromatic carbocycles. The van der Waals surface area contributed by atoms with Gasteiger partial charge in [-0.1, -0.05) is 0 Å². The maximum atomic E-state index is 11.0. The van der Waals surface area contributed by atoms with Crippen molar-refractivity contribution in [1.29, 1.82) is 0 Å². The number of amides is 1. The van der Waals surface area contributed by atoms with E-state index in [0.29, 0.717) is 0 Å². The van der Waals surface area contributed by atoms with Crippen molar-refractivity contribution in [2.75, 3.05) is 6.61 Å². The van der Waals surface area contributed by atoms with Gasteiger partial charge in [0.25, 0.3) is 0 Å². The van der Waals surface area contributed by atoms with Gasteiger partial charge in [-0.05, 0) is 6.08 Å². The molecule has 3 N–H and O–H groups in total. The predicted octanol–water partition coefficient (Wildman–Crippen LogP) is -6.25. The molecule has 0 saturated carbocycles. The van der Waals surface area contributed by atoms with E-state index >= 15 is 0 Å². The Labute approximate surface area is 134 Å². The zero-order valence-corrected chi connectivity index (χ0v) is 11.8. The molecule has 84 valence electrons. The van der Waals surface area contributed by atoms with Crippen molar-refractivity contribution in [2.45, 2.75) is 18.7 Å². The van der Waals surface area contributed by atoms with E-state index in [0.717, 1.165) is 4.90 Å². The largest absolute Gasteiger partial charge is 1.00 e. The summed E-state index contributed by atoms with van der Waals surface area (Å²) in [5.74, 6) is -1.57. The first-order valence-electron chi connectivity index (χ1n) is 4.14. The van der Waals surface area contributed by atoms with Crippen molar-refractivity contribution in [3.8, 4) is 0 Å². The number of β-lactam (4-membered cyclic amide) rings is 1. The number of aliphatic hydroxyl groups is 1. The second-order valence-electron chi connectivity index (χ2n) is 3.09. The molecule has 8 heteroatoms. The summed E-state index contributed by atoms with van der Waals surface area (Å²) in [6.45, 7) is -0.326. The van der Waals surface area contributed by atoms with E-state index in [-0.39, 0.29) is 81.6 Å². The van der Waals surface area contributed by atoms with E-state index in [9.17, 15) is 14.7 Å². The Hall–Kier alpha value is 0.0364. The zero-order chi connectivity index (χ0) is 10.3. The van der Waals surface area contributed by atoms with E-state index in [1.807, 2.05) is 0 Å². The van der Waals surface area contributed by atoms with E-state index in [4.69, 9.17) is 9.84 Å². The Morgan fingerprint density at radius 1 is 1.69 bits per heavy atom. The Bertz CT molecular complexity index is 330. The standard InChI is InChI=1S/C8H9NO5.K.H2O/c10-2-1-4-7(8(12)13)9-5(11)3-6(9)14-4;;/h1,6-7,10H,2-3H2,(H,12,13);;1H2/q;+1;/p-1/b4-1-;;/t6-,7-;;/m1../s1. The Balaban J connectivity index is 0.00000112. The molecular weight excluding hydrogens is 245 g/mol. The van der Waals surface area contributed by atoms with Crippen molar-refractivity contribution in [2.24, 2.45) is 0 Å². The molecule has 2 saturated heterocycles. The number of carbonyl (C=O) groups excluding carboxylic acids is 2. The molecule has 0 unspecified atom stereocenters. The van der Waals surface area contributed by atoms with Gasteiger partial charge in [0, 0.05) is 0 Å². The zero-order valence-electron chi connectivity index (χ0n) is 8.67. The fraction of sp³-hybridized carbons (Fsp3) is 0.500. The number of rotatable bonds is 2. The van der Waals surface area contributed by atoms with Crippen molar-refractivity contribution in [1.82, 2.24) is 4.90 Å². The number of carboxylic acid groups (broad SMARTS) is 1. The molecule has 2 aliphatic heterocycles. The van der Waals surface area contributed by atoms with E-state index in [1.54, 1.807) is 0 Å². The Morgan fingerprint density at radius 3 is 2.75 bits per heavy atom. The summed E-state index contributed by atoms with van der Waals surface area (Å²) in [7, 11) is 0. The second-order valence-corrected chi connectivity index (χ2v) is 3.09. The third kappa shape index (κ3) is 2.48. The normalized spacial score (nSPS) is 28.4. The van der Waals surface area contributed by atoms with Gasteiger partial charge in [0.15, 0.2) is 6.23 Å². The van der Waals surface area contributed by atoms with Gasteiger partial charge in [0.1, 0.15) is 11.8 Å². The van der Waals surface area contributed by atoms with Crippen LogP contribution >= 0.6 is 0 Å². The molecule has 0 aromatic rings. The van der Waals surface area contributed by atoms with Crippen LogP contribution in [0, 0.1) is 0 Å². The number of hydrogen-bond donors (Lipinski definition) is 1. The topological polar surface area (TPSA) is 121 Å². The number of aliphatic carboxylic acids is 1. The molecule has 7 nitrogen and oxygen atoms in total. The first-order valence-corrected chi connectivity index (χ1v) is 4.14. The van der Waals surface area contributed by atoms with Crippen molar-refractivity contribution >= 4 is 11.9 Å². The fourth-order valence-corrected chi connectivity index (χ4v) is 1.65. The van der Waals surface area contributed by atoms with Gasteiger partial charge in [0.05, 0.1) is 19.0 Å². The Morgan fingerprint density at radius 2 is 2.31 bits per heavy atom. The molecule has 0 radical (unpaired) electrons. The first kappa shape index (κ1) is 16.0. The molecular formula is C8H10KNO6. The number of carboxylic acids is 1. The minimum absolute atomic E-state index is 0. The van der Waals surface area contributed by atoms with E-state index in [2.05, 4.69) is 0 Å². The van der Waals surface area contributed by atoms with Crippen LogP contribution in [-0.2, 0) is 14.3 Å².